The van der Waals surface area contributed by atoms with Crippen molar-refractivity contribution in [3.05, 3.63) is 0 Å². The molecule has 1 fully saturated rings. The van der Waals surface area contributed by atoms with E-state index in [2.05, 4.69) is 31.4 Å². The van der Waals surface area contributed by atoms with Gasteiger partial charge in [-0.3, -0.25) is 0 Å². The Morgan fingerprint density at radius 2 is 1.96 bits per heavy atom. The normalized spacial score (nSPS) is 23.0. The smallest absolute Gasteiger partial charge is 0.407 e. The molecule has 1 rings (SSSR count). The van der Waals surface area contributed by atoms with Crippen LogP contribution >= 0.6 is 0 Å². The van der Waals surface area contributed by atoms with Crippen LogP contribution in [0.15, 0.2) is 0 Å². The molecule has 1 saturated carbocycles. The van der Waals surface area contributed by atoms with Crippen molar-refractivity contribution < 1.29 is 9.53 Å². The Labute approximate surface area is 143 Å². The third-order valence-electron chi connectivity index (χ3n) is 4.58. The van der Waals surface area contributed by atoms with Crippen molar-refractivity contribution >= 4 is 6.09 Å². The van der Waals surface area contributed by atoms with Crippen LogP contribution in [0.5, 0.6) is 0 Å². The number of carbonyl (C=O) groups excluding carboxylic acids is 1. The van der Waals surface area contributed by atoms with E-state index in [0.717, 1.165) is 12.8 Å². The highest BCUT2D eigenvalue weighted by atomic mass is 16.6. The van der Waals surface area contributed by atoms with E-state index in [-0.39, 0.29) is 6.09 Å². The average molecular weight is 327 g/mol. The van der Waals surface area contributed by atoms with E-state index >= 15 is 0 Å². The Bertz CT molecular complexity index is 361. The predicted octanol–water partition coefficient (Wildman–Crippen LogP) is 4.63. The summed E-state index contributed by atoms with van der Waals surface area (Å²) in [5.74, 6) is 0. The Morgan fingerprint density at radius 3 is 2.57 bits per heavy atom. The Morgan fingerprint density at radius 1 is 1.26 bits per heavy atom. The monoisotopic (exact) mass is 326 g/mol. The summed E-state index contributed by atoms with van der Waals surface area (Å²) < 4.78 is 5.33. The molecule has 1 aliphatic rings. The first-order valence-corrected chi connectivity index (χ1v) is 9.34. The standard InChI is InChI=1S/C19H38N2O2/c1-7-9-16(14-20-17(22)23-18(2,3)4)21-15-10-8-12-19(5,6)13-11-15/h15-16,21H,7-14H2,1-6H3,(H,20,22). The van der Waals surface area contributed by atoms with Gasteiger partial charge in [0.25, 0.3) is 0 Å². The molecular weight excluding hydrogens is 288 g/mol. The van der Waals surface area contributed by atoms with Crippen LogP contribution in [-0.2, 0) is 4.74 Å². The van der Waals surface area contributed by atoms with Gasteiger partial charge >= 0.3 is 6.09 Å². The van der Waals surface area contributed by atoms with Gasteiger partial charge in [0.05, 0.1) is 0 Å². The van der Waals surface area contributed by atoms with Gasteiger partial charge in [0.2, 0.25) is 0 Å². The van der Waals surface area contributed by atoms with Gasteiger partial charge in [-0.1, -0.05) is 33.6 Å². The van der Waals surface area contributed by atoms with E-state index in [1.54, 1.807) is 0 Å². The molecule has 0 aromatic carbocycles. The first-order valence-electron chi connectivity index (χ1n) is 9.34. The van der Waals surface area contributed by atoms with Crippen LogP contribution < -0.4 is 10.6 Å². The molecule has 2 N–H and O–H groups in total. The minimum Gasteiger partial charge on any atom is -0.444 e. The van der Waals surface area contributed by atoms with Gasteiger partial charge in [-0.2, -0.15) is 0 Å². The summed E-state index contributed by atoms with van der Waals surface area (Å²) in [5.41, 5.74) is 0.0378. The number of hydrogen-bond donors (Lipinski definition) is 2. The third kappa shape index (κ3) is 9.19. The molecule has 0 heterocycles. The minimum absolute atomic E-state index is 0.317. The number of nitrogens with one attached hydrogen (secondary N) is 2. The summed E-state index contributed by atoms with van der Waals surface area (Å²) in [6.45, 7) is 13.3. The summed E-state index contributed by atoms with van der Waals surface area (Å²) in [6.07, 6.45) is 8.26. The van der Waals surface area contributed by atoms with Gasteiger partial charge in [0.1, 0.15) is 5.60 Å². The largest absolute Gasteiger partial charge is 0.444 e. The van der Waals surface area contributed by atoms with Crippen LogP contribution in [0.4, 0.5) is 4.79 Å². The summed E-state index contributed by atoms with van der Waals surface area (Å²) in [7, 11) is 0. The fraction of sp³-hybridized carbons (Fsp3) is 0.947. The molecule has 0 radical (unpaired) electrons. The lowest BCUT2D eigenvalue weighted by Gasteiger charge is -2.27. The van der Waals surface area contributed by atoms with Crippen molar-refractivity contribution in [2.75, 3.05) is 6.54 Å². The highest BCUT2D eigenvalue weighted by Crippen LogP contribution is 2.33. The van der Waals surface area contributed by atoms with Crippen LogP contribution in [0, 0.1) is 5.41 Å². The number of amides is 1. The highest BCUT2D eigenvalue weighted by Gasteiger charge is 2.25. The van der Waals surface area contributed by atoms with Crippen LogP contribution in [0.1, 0.15) is 86.5 Å². The molecule has 2 atom stereocenters. The summed E-state index contributed by atoms with van der Waals surface area (Å²) >= 11 is 0. The first kappa shape index (κ1) is 20.3. The van der Waals surface area contributed by atoms with E-state index < -0.39 is 5.60 Å². The Hall–Kier alpha value is -0.770. The summed E-state index contributed by atoms with van der Waals surface area (Å²) in [4.78, 5) is 11.8. The van der Waals surface area contributed by atoms with E-state index in [1.165, 1.54) is 32.1 Å². The van der Waals surface area contributed by atoms with Gasteiger partial charge in [-0.15, -0.1) is 0 Å². The number of hydrogen-bond acceptors (Lipinski definition) is 3. The lowest BCUT2D eigenvalue weighted by Crippen LogP contribution is -2.46. The van der Waals surface area contributed by atoms with Crippen molar-refractivity contribution in [2.45, 2.75) is 104 Å². The molecule has 0 aromatic rings. The molecule has 136 valence electrons. The van der Waals surface area contributed by atoms with Gasteiger partial charge in [-0.05, 0) is 58.3 Å². The molecule has 4 heteroatoms. The zero-order valence-electron chi connectivity index (χ0n) is 16.1. The molecule has 0 bridgehead atoms. The second-order valence-electron chi connectivity index (χ2n) is 8.83. The number of ether oxygens (including phenoxy) is 1. The van der Waals surface area contributed by atoms with Crippen molar-refractivity contribution in [1.29, 1.82) is 0 Å². The van der Waals surface area contributed by atoms with E-state index in [0.29, 0.717) is 24.0 Å². The second-order valence-corrected chi connectivity index (χ2v) is 8.83. The molecule has 2 unspecified atom stereocenters. The van der Waals surface area contributed by atoms with Crippen LogP contribution in [0.3, 0.4) is 0 Å². The zero-order chi connectivity index (χ0) is 17.5. The van der Waals surface area contributed by atoms with Crippen molar-refractivity contribution in [3.8, 4) is 0 Å². The Balaban J connectivity index is 2.43. The lowest BCUT2D eigenvalue weighted by atomic mass is 9.85. The maximum Gasteiger partial charge on any atom is 0.407 e. The fourth-order valence-electron chi connectivity index (χ4n) is 3.27. The molecule has 1 amide bonds. The van der Waals surface area contributed by atoms with Gasteiger partial charge in [0.15, 0.2) is 0 Å². The van der Waals surface area contributed by atoms with Crippen molar-refractivity contribution in [2.24, 2.45) is 5.41 Å². The number of alkyl carbamates (subject to hydrolysis) is 1. The molecule has 1 aliphatic carbocycles. The van der Waals surface area contributed by atoms with Crippen molar-refractivity contribution in [1.82, 2.24) is 10.6 Å². The quantitative estimate of drug-likeness (QED) is 0.700. The molecule has 23 heavy (non-hydrogen) atoms. The fourth-order valence-corrected chi connectivity index (χ4v) is 3.27. The minimum atomic E-state index is -0.440. The molecule has 0 aliphatic heterocycles. The lowest BCUT2D eigenvalue weighted by molar-refractivity contribution is 0.0520. The zero-order valence-corrected chi connectivity index (χ0v) is 16.1. The van der Waals surface area contributed by atoms with Crippen LogP contribution in [0.25, 0.3) is 0 Å². The average Bonchev–Trinajstić information content (AvgIpc) is 2.56. The summed E-state index contributed by atoms with van der Waals surface area (Å²) in [6, 6.07) is 0.910. The van der Waals surface area contributed by atoms with Crippen molar-refractivity contribution in [3.63, 3.8) is 0 Å². The molecule has 0 spiro atoms. The molecule has 0 saturated heterocycles. The topological polar surface area (TPSA) is 50.4 Å². The van der Waals surface area contributed by atoms with Gasteiger partial charge in [-0.25, -0.2) is 4.79 Å². The highest BCUT2D eigenvalue weighted by molar-refractivity contribution is 5.67. The summed E-state index contributed by atoms with van der Waals surface area (Å²) in [5, 5.41) is 6.70. The third-order valence-corrected chi connectivity index (χ3v) is 4.58. The SMILES string of the molecule is CCCC(CNC(=O)OC(C)(C)C)NC1CCCC(C)(C)CC1. The molecular formula is C19H38N2O2. The first-order chi connectivity index (χ1) is 10.6. The van der Waals surface area contributed by atoms with Gasteiger partial charge in [0, 0.05) is 18.6 Å². The Kier molecular flexibility index (Phi) is 7.85. The van der Waals surface area contributed by atoms with E-state index in [1.807, 2.05) is 20.8 Å². The maximum atomic E-state index is 11.8. The van der Waals surface area contributed by atoms with Crippen LogP contribution in [0.2, 0.25) is 0 Å². The van der Waals surface area contributed by atoms with Gasteiger partial charge < -0.3 is 15.4 Å². The molecule has 0 aromatic heterocycles. The number of carbonyl (C=O) groups is 1. The van der Waals surface area contributed by atoms with Crippen LogP contribution in [-0.4, -0.2) is 30.3 Å². The predicted molar refractivity (Wildman–Crippen MR) is 96.7 cm³/mol. The van der Waals surface area contributed by atoms with E-state index in [4.69, 9.17) is 4.74 Å². The maximum absolute atomic E-state index is 11.8. The number of rotatable bonds is 6. The van der Waals surface area contributed by atoms with E-state index in [9.17, 15) is 4.79 Å². The molecule has 4 nitrogen and oxygen atoms in total. The second kappa shape index (κ2) is 8.91.